The van der Waals surface area contributed by atoms with E-state index in [2.05, 4.69) is 16.9 Å². The minimum absolute atomic E-state index is 0.301. The number of primary amides is 1. The quantitative estimate of drug-likeness (QED) is 0.200. The predicted octanol–water partition coefficient (Wildman–Crippen LogP) is -1.04. The van der Waals surface area contributed by atoms with Gasteiger partial charge in [0.05, 0.1) is 0 Å². The molecule has 0 aromatic heterocycles. The van der Waals surface area contributed by atoms with Gasteiger partial charge in [0.2, 0.25) is 6.41 Å². The van der Waals surface area contributed by atoms with Crippen molar-refractivity contribution in [3.8, 4) is 0 Å². The standard InChI is InChI=1S/C10H11NO3.CH5N3O/c12-7-11-9(10(13)14)6-8-4-2-1-3-5-8;2-1(5)4-3/h1-5,7,9H,6H2,(H,11,12)(H,13,14);3H2,(H3,2,4,5). The summed E-state index contributed by atoms with van der Waals surface area (Å²) in [7, 11) is 0. The highest BCUT2D eigenvalue weighted by Gasteiger charge is 2.15. The van der Waals surface area contributed by atoms with Crippen LogP contribution >= 0.6 is 0 Å². The van der Waals surface area contributed by atoms with Gasteiger partial charge in [-0.1, -0.05) is 30.3 Å². The highest BCUT2D eigenvalue weighted by atomic mass is 16.4. The molecule has 0 radical (unpaired) electrons. The number of hydrogen-bond donors (Lipinski definition) is 5. The van der Waals surface area contributed by atoms with E-state index in [0.29, 0.717) is 12.8 Å². The average molecular weight is 268 g/mol. The summed E-state index contributed by atoms with van der Waals surface area (Å²) in [6, 6.07) is 7.58. The van der Waals surface area contributed by atoms with E-state index >= 15 is 0 Å². The molecule has 1 aromatic carbocycles. The molecule has 0 aliphatic rings. The van der Waals surface area contributed by atoms with Gasteiger partial charge in [0.1, 0.15) is 6.04 Å². The van der Waals surface area contributed by atoms with Crippen molar-refractivity contribution >= 4 is 18.4 Å². The first-order valence-electron chi connectivity index (χ1n) is 5.23. The minimum Gasteiger partial charge on any atom is -0.480 e. The Morgan fingerprint density at radius 3 is 2.21 bits per heavy atom. The Morgan fingerprint density at radius 1 is 1.32 bits per heavy atom. The number of carbonyl (C=O) groups excluding carboxylic acids is 2. The second-order valence-corrected chi connectivity index (χ2v) is 3.37. The Bertz CT molecular complexity index is 410. The van der Waals surface area contributed by atoms with Crippen LogP contribution in [0.5, 0.6) is 0 Å². The maximum atomic E-state index is 10.7. The molecule has 1 atom stereocenters. The van der Waals surface area contributed by atoms with Crippen LogP contribution in [0.25, 0.3) is 0 Å². The van der Waals surface area contributed by atoms with Crippen molar-refractivity contribution in [2.24, 2.45) is 11.6 Å². The average Bonchev–Trinajstić information content (AvgIpc) is 2.40. The molecule has 0 heterocycles. The van der Waals surface area contributed by atoms with E-state index in [1.54, 1.807) is 5.43 Å². The van der Waals surface area contributed by atoms with Crippen LogP contribution in [0.15, 0.2) is 30.3 Å². The smallest absolute Gasteiger partial charge is 0.326 e. The number of benzene rings is 1. The van der Waals surface area contributed by atoms with E-state index in [4.69, 9.17) is 5.11 Å². The Balaban J connectivity index is 0.000000555. The molecule has 0 spiro atoms. The van der Waals surface area contributed by atoms with Crippen molar-refractivity contribution in [1.82, 2.24) is 10.7 Å². The van der Waals surface area contributed by atoms with Gasteiger partial charge in [-0.15, -0.1) is 0 Å². The molecule has 3 amide bonds. The lowest BCUT2D eigenvalue weighted by Crippen LogP contribution is -2.37. The number of nitrogens with two attached hydrogens (primary N) is 2. The zero-order valence-corrected chi connectivity index (χ0v) is 10.1. The van der Waals surface area contributed by atoms with E-state index in [0.717, 1.165) is 5.56 Å². The summed E-state index contributed by atoms with van der Waals surface area (Å²) in [5.41, 5.74) is 6.97. The van der Waals surface area contributed by atoms with Crippen molar-refractivity contribution < 1.29 is 19.5 Å². The van der Waals surface area contributed by atoms with Crippen LogP contribution in [0.3, 0.4) is 0 Å². The number of urea groups is 1. The third-order valence-corrected chi connectivity index (χ3v) is 1.99. The van der Waals surface area contributed by atoms with Crippen molar-refractivity contribution in [2.75, 3.05) is 0 Å². The summed E-state index contributed by atoms with van der Waals surface area (Å²) in [4.78, 5) is 30.2. The van der Waals surface area contributed by atoms with Crippen LogP contribution < -0.4 is 22.3 Å². The van der Waals surface area contributed by atoms with Crippen LogP contribution in [-0.2, 0) is 16.0 Å². The molecule has 0 fully saturated rings. The van der Waals surface area contributed by atoms with Gasteiger partial charge in [-0.05, 0) is 5.56 Å². The van der Waals surface area contributed by atoms with E-state index in [1.807, 2.05) is 30.3 Å². The monoisotopic (exact) mass is 268 g/mol. The lowest BCUT2D eigenvalue weighted by Gasteiger charge is -2.10. The van der Waals surface area contributed by atoms with Gasteiger partial charge in [-0.2, -0.15) is 0 Å². The Labute approximate surface area is 109 Å². The fourth-order valence-corrected chi connectivity index (χ4v) is 1.15. The molecule has 8 heteroatoms. The molecular formula is C11H16N4O4. The number of carboxylic acids is 1. The highest BCUT2D eigenvalue weighted by molar-refractivity contribution is 5.76. The summed E-state index contributed by atoms with van der Waals surface area (Å²) in [5.74, 6) is 3.42. The van der Waals surface area contributed by atoms with Crippen molar-refractivity contribution in [1.29, 1.82) is 0 Å². The number of carboxylic acid groups (broad SMARTS) is 1. The van der Waals surface area contributed by atoms with Crippen LogP contribution in [-0.4, -0.2) is 29.6 Å². The number of nitrogens with one attached hydrogen (secondary N) is 2. The summed E-state index contributed by atoms with van der Waals surface area (Å²) in [6.07, 6.45) is 0.705. The topological polar surface area (TPSA) is 148 Å². The van der Waals surface area contributed by atoms with E-state index in [1.165, 1.54) is 0 Å². The number of amides is 3. The first-order valence-corrected chi connectivity index (χ1v) is 5.23. The summed E-state index contributed by atoms with van der Waals surface area (Å²) in [6.45, 7) is 0. The van der Waals surface area contributed by atoms with E-state index in [9.17, 15) is 14.4 Å². The van der Waals surface area contributed by atoms with Gasteiger partial charge in [0, 0.05) is 6.42 Å². The normalized spacial score (nSPS) is 10.4. The van der Waals surface area contributed by atoms with Crippen molar-refractivity contribution in [3.05, 3.63) is 35.9 Å². The molecular weight excluding hydrogens is 252 g/mol. The van der Waals surface area contributed by atoms with Gasteiger partial charge >= 0.3 is 12.0 Å². The van der Waals surface area contributed by atoms with Gasteiger partial charge in [-0.3, -0.25) is 10.2 Å². The third kappa shape index (κ3) is 8.16. The van der Waals surface area contributed by atoms with E-state index < -0.39 is 18.0 Å². The van der Waals surface area contributed by atoms with Crippen molar-refractivity contribution in [2.45, 2.75) is 12.5 Å². The van der Waals surface area contributed by atoms with Gasteiger partial charge in [0.15, 0.2) is 0 Å². The van der Waals surface area contributed by atoms with E-state index in [-0.39, 0.29) is 0 Å². The maximum absolute atomic E-state index is 10.7. The summed E-state index contributed by atoms with van der Waals surface area (Å²) in [5, 5.41) is 11.0. The Kier molecular flexibility index (Phi) is 8.13. The molecule has 0 saturated heterocycles. The molecule has 104 valence electrons. The molecule has 7 N–H and O–H groups in total. The van der Waals surface area contributed by atoms with Crippen LogP contribution in [0.1, 0.15) is 5.56 Å². The number of rotatable bonds is 5. The minimum atomic E-state index is -1.03. The molecule has 0 aliphatic carbocycles. The van der Waals surface area contributed by atoms with Gasteiger partial charge in [-0.25, -0.2) is 15.4 Å². The highest BCUT2D eigenvalue weighted by Crippen LogP contribution is 2.02. The molecule has 1 rings (SSSR count). The third-order valence-electron chi connectivity index (χ3n) is 1.99. The Hall–Kier alpha value is -2.61. The second-order valence-electron chi connectivity index (χ2n) is 3.37. The summed E-state index contributed by atoms with van der Waals surface area (Å²) < 4.78 is 0. The number of hydrazine groups is 1. The van der Waals surface area contributed by atoms with Crippen LogP contribution in [0.4, 0.5) is 4.79 Å². The van der Waals surface area contributed by atoms with Crippen molar-refractivity contribution in [3.63, 3.8) is 0 Å². The number of hydrogen-bond acceptors (Lipinski definition) is 4. The van der Waals surface area contributed by atoms with Gasteiger partial charge in [0.25, 0.3) is 0 Å². The fraction of sp³-hybridized carbons (Fsp3) is 0.182. The zero-order valence-electron chi connectivity index (χ0n) is 10.1. The van der Waals surface area contributed by atoms with Crippen LogP contribution in [0.2, 0.25) is 0 Å². The molecule has 1 unspecified atom stereocenters. The SMILES string of the molecule is NNC(N)=O.O=CNC(Cc1ccccc1)C(=O)O. The predicted molar refractivity (Wildman–Crippen MR) is 67.7 cm³/mol. The van der Waals surface area contributed by atoms with Gasteiger partial charge < -0.3 is 16.2 Å². The first-order chi connectivity index (χ1) is 9.01. The first kappa shape index (κ1) is 16.4. The lowest BCUT2D eigenvalue weighted by molar-refractivity contribution is -0.140. The summed E-state index contributed by atoms with van der Waals surface area (Å²) >= 11 is 0. The Morgan fingerprint density at radius 2 is 1.84 bits per heavy atom. The molecule has 0 bridgehead atoms. The van der Waals surface area contributed by atoms with Crippen LogP contribution in [0, 0.1) is 0 Å². The lowest BCUT2D eigenvalue weighted by atomic mass is 10.1. The zero-order chi connectivity index (χ0) is 14.7. The number of carbonyl (C=O) groups is 3. The largest absolute Gasteiger partial charge is 0.480 e. The number of aliphatic carboxylic acids is 1. The molecule has 0 saturated carbocycles. The second kappa shape index (κ2) is 9.42. The molecule has 0 aliphatic heterocycles. The molecule has 1 aromatic rings. The molecule has 8 nitrogen and oxygen atoms in total. The fourth-order valence-electron chi connectivity index (χ4n) is 1.15. The maximum Gasteiger partial charge on any atom is 0.326 e. The molecule has 19 heavy (non-hydrogen) atoms.